The smallest absolute Gasteiger partial charge is 0.341 e. The van der Waals surface area contributed by atoms with E-state index in [4.69, 9.17) is 4.74 Å². The van der Waals surface area contributed by atoms with Gasteiger partial charge in [-0.1, -0.05) is 25.1 Å². The second-order valence-electron chi connectivity index (χ2n) is 8.24. The molecule has 1 fully saturated rings. The van der Waals surface area contributed by atoms with E-state index in [9.17, 15) is 9.18 Å². The molecule has 0 bridgehead atoms. The minimum Gasteiger partial charge on any atom is -0.454 e. The van der Waals surface area contributed by atoms with Gasteiger partial charge in [0.1, 0.15) is 11.9 Å². The highest BCUT2D eigenvalue weighted by Gasteiger charge is 2.23. The monoisotopic (exact) mass is 408 g/mol. The van der Waals surface area contributed by atoms with Crippen molar-refractivity contribution in [3.05, 3.63) is 70.7 Å². The Bertz CT molecular complexity index is 1030. The van der Waals surface area contributed by atoms with E-state index < -0.39 is 6.10 Å². The molecule has 0 spiro atoms. The van der Waals surface area contributed by atoms with E-state index in [1.54, 1.807) is 12.1 Å². The van der Waals surface area contributed by atoms with Gasteiger partial charge in [-0.25, -0.2) is 9.18 Å². The molecule has 1 aromatic heterocycles. The number of aromatic nitrogens is 1. The molecule has 4 rings (SSSR count). The third-order valence-corrected chi connectivity index (χ3v) is 6.34. The van der Waals surface area contributed by atoms with Gasteiger partial charge in [0.25, 0.3) is 0 Å². The van der Waals surface area contributed by atoms with Crippen LogP contribution in [0.15, 0.2) is 42.5 Å². The van der Waals surface area contributed by atoms with Crippen LogP contribution in [0.25, 0.3) is 10.9 Å². The summed E-state index contributed by atoms with van der Waals surface area (Å²) < 4.78 is 18.9. The van der Waals surface area contributed by atoms with Gasteiger partial charge in [-0.15, -0.1) is 0 Å². The van der Waals surface area contributed by atoms with Gasteiger partial charge >= 0.3 is 5.97 Å². The molecule has 2 aromatic carbocycles. The summed E-state index contributed by atoms with van der Waals surface area (Å²) in [4.78, 5) is 18.8. The molecule has 0 radical (unpaired) electrons. The molecule has 0 amide bonds. The molecule has 5 heteroatoms. The van der Waals surface area contributed by atoms with Crippen LogP contribution in [0.3, 0.4) is 0 Å². The maximum Gasteiger partial charge on any atom is 0.341 e. The van der Waals surface area contributed by atoms with Gasteiger partial charge in [0.05, 0.1) is 5.56 Å². The number of aromatic amines is 1. The van der Waals surface area contributed by atoms with Gasteiger partial charge in [0.15, 0.2) is 0 Å². The first kappa shape index (κ1) is 20.6. The zero-order valence-corrected chi connectivity index (χ0v) is 17.9. The predicted octanol–water partition coefficient (Wildman–Crippen LogP) is 5.73. The lowest BCUT2D eigenvalue weighted by molar-refractivity contribution is 0.0339. The highest BCUT2D eigenvalue weighted by molar-refractivity contribution is 6.05. The van der Waals surface area contributed by atoms with Crippen LogP contribution in [0.1, 0.15) is 65.9 Å². The second kappa shape index (κ2) is 8.60. The van der Waals surface area contributed by atoms with Gasteiger partial charge in [-0.05, 0) is 87.6 Å². The zero-order chi connectivity index (χ0) is 21.3. The normalized spacial score (nSPS) is 16.7. The van der Waals surface area contributed by atoms with Crippen molar-refractivity contribution in [1.29, 1.82) is 0 Å². The molecule has 30 heavy (non-hydrogen) atoms. The molecule has 1 N–H and O–H groups in total. The summed E-state index contributed by atoms with van der Waals surface area (Å²) in [5, 5.41) is 0.916. The molecule has 1 saturated heterocycles. The summed E-state index contributed by atoms with van der Waals surface area (Å²) in [6, 6.07) is 12.5. The number of piperidine rings is 1. The summed E-state index contributed by atoms with van der Waals surface area (Å²) in [6.45, 7) is 9.26. The van der Waals surface area contributed by atoms with Gasteiger partial charge in [-0.2, -0.15) is 0 Å². The minimum absolute atomic E-state index is 0.304. The Labute approximate surface area is 177 Å². The van der Waals surface area contributed by atoms with Gasteiger partial charge in [-0.3, -0.25) is 0 Å². The number of halogens is 1. The summed E-state index contributed by atoms with van der Waals surface area (Å²) in [6.07, 6.45) is 1.83. The lowest BCUT2D eigenvalue weighted by atomic mass is 9.88. The zero-order valence-electron chi connectivity index (χ0n) is 17.9. The number of fused-ring (bicyclic) bond motifs is 1. The van der Waals surface area contributed by atoms with E-state index in [0.29, 0.717) is 11.5 Å². The fraction of sp³-hybridized carbons (Fsp3) is 0.400. The van der Waals surface area contributed by atoms with Crippen LogP contribution in [0, 0.1) is 12.7 Å². The molecule has 0 saturated carbocycles. The number of aryl methyl sites for hydroxylation is 1. The maximum absolute atomic E-state index is 13.2. The standard InChI is InChI=1S/C25H29FN2O2/c1-4-28-13-11-19(12-14-28)20-7-10-23-22(15-20)24(16(2)27-23)25(29)30-17(3)18-5-8-21(26)9-6-18/h5-10,15,17,19,27H,4,11-14H2,1-3H3/t17-/m0/s1. The topological polar surface area (TPSA) is 45.3 Å². The number of hydrogen-bond acceptors (Lipinski definition) is 3. The lowest BCUT2D eigenvalue weighted by Gasteiger charge is -2.31. The van der Waals surface area contributed by atoms with E-state index in [-0.39, 0.29) is 11.8 Å². The molecule has 4 nitrogen and oxygen atoms in total. The van der Waals surface area contributed by atoms with E-state index in [2.05, 4.69) is 35.0 Å². The van der Waals surface area contributed by atoms with Crippen LogP contribution < -0.4 is 0 Å². The first-order chi connectivity index (χ1) is 14.5. The number of nitrogens with zero attached hydrogens (tertiary/aromatic N) is 1. The molecule has 3 aromatic rings. The molecule has 1 aliphatic rings. The van der Waals surface area contributed by atoms with Crippen molar-refractivity contribution in [2.75, 3.05) is 19.6 Å². The third-order valence-electron chi connectivity index (χ3n) is 6.34. The number of carbonyl (C=O) groups is 1. The van der Waals surface area contributed by atoms with Crippen molar-refractivity contribution in [3.63, 3.8) is 0 Å². The molecule has 0 aliphatic carbocycles. The number of likely N-dealkylation sites (tertiary alicyclic amines) is 1. The number of benzene rings is 2. The van der Waals surface area contributed by atoms with E-state index in [0.717, 1.165) is 54.6 Å². The SMILES string of the molecule is CCN1CCC(c2ccc3[nH]c(C)c(C(=O)O[C@@H](C)c4ccc(F)cc4)c3c2)CC1. The molecule has 0 unspecified atom stereocenters. The quantitative estimate of drug-likeness (QED) is 0.548. The molecular weight excluding hydrogens is 379 g/mol. The van der Waals surface area contributed by atoms with Crippen molar-refractivity contribution in [1.82, 2.24) is 9.88 Å². The van der Waals surface area contributed by atoms with Crippen molar-refractivity contribution >= 4 is 16.9 Å². The second-order valence-corrected chi connectivity index (χ2v) is 8.24. The predicted molar refractivity (Wildman–Crippen MR) is 117 cm³/mol. The van der Waals surface area contributed by atoms with Crippen LogP contribution in [0.4, 0.5) is 4.39 Å². The van der Waals surface area contributed by atoms with Crippen molar-refractivity contribution in [3.8, 4) is 0 Å². The highest BCUT2D eigenvalue weighted by Crippen LogP contribution is 2.33. The maximum atomic E-state index is 13.2. The lowest BCUT2D eigenvalue weighted by Crippen LogP contribution is -2.32. The summed E-state index contributed by atoms with van der Waals surface area (Å²) in [5.74, 6) is -0.134. The van der Waals surface area contributed by atoms with E-state index >= 15 is 0 Å². The van der Waals surface area contributed by atoms with Crippen molar-refractivity contribution in [2.45, 2.75) is 45.6 Å². The van der Waals surface area contributed by atoms with Crippen LogP contribution in [0.2, 0.25) is 0 Å². The van der Waals surface area contributed by atoms with Crippen molar-refractivity contribution < 1.29 is 13.9 Å². The number of hydrogen-bond donors (Lipinski definition) is 1. The van der Waals surface area contributed by atoms with Crippen LogP contribution >= 0.6 is 0 Å². The number of rotatable bonds is 5. The average molecular weight is 409 g/mol. The minimum atomic E-state index is -0.455. The average Bonchev–Trinajstić information content (AvgIpc) is 3.09. The molecule has 1 aliphatic heterocycles. The Morgan fingerprint density at radius 1 is 1.20 bits per heavy atom. The fourth-order valence-corrected chi connectivity index (χ4v) is 4.47. The van der Waals surface area contributed by atoms with Crippen molar-refractivity contribution in [2.24, 2.45) is 0 Å². The molecule has 1 atom stereocenters. The number of esters is 1. The number of carbonyl (C=O) groups excluding carboxylic acids is 1. The van der Waals surface area contributed by atoms with Crippen LogP contribution in [-0.4, -0.2) is 35.5 Å². The number of H-pyrrole nitrogens is 1. The van der Waals surface area contributed by atoms with Crippen LogP contribution in [-0.2, 0) is 4.74 Å². The number of nitrogens with one attached hydrogen (secondary N) is 1. The summed E-state index contributed by atoms with van der Waals surface area (Å²) in [7, 11) is 0. The molecular formula is C25H29FN2O2. The first-order valence-electron chi connectivity index (χ1n) is 10.8. The Morgan fingerprint density at radius 3 is 2.57 bits per heavy atom. The van der Waals surface area contributed by atoms with Crippen LogP contribution in [0.5, 0.6) is 0 Å². The number of ether oxygens (including phenoxy) is 1. The van der Waals surface area contributed by atoms with E-state index in [1.807, 2.05) is 13.8 Å². The molecule has 158 valence electrons. The Kier molecular flexibility index (Phi) is 5.91. The van der Waals surface area contributed by atoms with E-state index in [1.165, 1.54) is 17.7 Å². The highest BCUT2D eigenvalue weighted by atomic mass is 19.1. The molecule has 2 heterocycles. The fourth-order valence-electron chi connectivity index (χ4n) is 4.47. The Hall–Kier alpha value is -2.66. The first-order valence-corrected chi connectivity index (χ1v) is 10.8. The largest absolute Gasteiger partial charge is 0.454 e. The van der Waals surface area contributed by atoms with Gasteiger partial charge in [0, 0.05) is 16.6 Å². The Balaban J connectivity index is 1.57. The Morgan fingerprint density at radius 2 is 1.90 bits per heavy atom. The summed E-state index contributed by atoms with van der Waals surface area (Å²) >= 11 is 0. The van der Waals surface area contributed by atoms with Gasteiger partial charge < -0.3 is 14.6 Å². The third kappa shape index (κ3) is 4.12. The summed E-state index contributed by atoms with van der Waals surface area (Å²) in [5.41, 5.74) is 4.40. The van der Waals surface area contributed by atoms with Gasteiger partial charge in [0.2, 0.25) is 0 Å².